The van der Waals surface area contributed by atoms with Crippen molar-refractivity contribution < 1.29 is 33.3 Å². The van der Waals surface area contributed by atoms with E-state index in [9.17, 15) is 9.59 Å². The highest BCUT2D eigenvalue weighted by atomic mass is 16.5. The number of carbonyl (C=O) groups is 2. The van der Waals surface area contributed by atoms with E-state index in [0.717, 1.165) is 11.1 Å². The van der Waals surface area contributed by atoms with Crippen LogP contribution in [0.1, 0.15) is 27.0 Å². The number of ether oxygens (including phenoxy) is 5. The van der Waals surface area contributed by atoms with Gasteiger partial charge in [0.05, 0.1) is 33.1 Å². The van der Waals surface area contributed by atoms with Crippen LogP contribution in [0.15, 0.2) is 59.7 Å². The first-order chi connectivity index (χ1) is 17.4. The number of rotatable bonds is 10. The van der Waals surface area contributed by atoms with Gasteiger partial charge >= 0.3 is 5.97 Å². The van der Waals surface area contributed by atoms with Crippen molar-refractivity contribution in [2.75, 3.05) is 27.9 Å². The van der Waals surface area contributed by atoms with Crippen LogP contribution in [0.4, 0.5) is 0 Å². The first-order valence-electron chi connectivity index (χ1n) is 11.0. The molecule has 0 aliphatic heterocycles. The largest absolute Gasteiger partial charge is 0.493 e. The van der Waals surface area contributed by atoms with Gasteiger partial charge in [-0.05, 0) is 55.3 Å². The second kappa shape index (κ2) is 12.3. The zero-order valence-corrected chi connectivity index (χ0v) is 20.8. The summed E-state index contributed by atoms with van der Waals surface area (Å²) in [6, 6.07) is 15.4. The van der Waals surface area contributed by atoms with Crippen LogP contribution in [0.2, 0.25) is 0 Å². The van der Waals surface area contributed by atoms with Gasteiger partial charge in [-0.3, -0.25) is 4.79 Å². The lowest BCUT2D eigenvalue weighted by Gasteiger charge is -2.14. The molecule has 1 N–H and O–H groups in total. The molecule has 0 aliphatic rings. The average molecular weight is 493 g/mol. The van der Waals surface area contributed by atoms with Crippen molar-refractivity contribution in [3.05, 3.63) is 76.9 Å². The molecule has 0 unspecified atom stereocenters. The maximum atomic E-state index is 12.9. The fraction of sp³-hybridized carbons (Fsp3) is 0.222. The van der Waals surface area contributed by atoms with Gasteiger partial charge in [-0.15, -0.1) is 0 Å². The molecule has 0 heterocycles. The van der Waals surface area contributed by atoms with Crippen LogP contribution in [0.3, 0.4) is 0 Å². The number of aryl methyl sites for hydroxylation is 1. The summed E-state index contributed by atoms with van der Waals surface area (Å²) < 4.78 is 27.0. The number of carbonyl (C=O) groups excluding carboxylic acids is 2. The minimum Gasteiger partial charge on any atom is -0.493 e. The molecule has 0 saturated carbocycles. The number of nitrogens with one attached hydrogen (secondary N) is 1. The summed E-state index contributed by atoms with van der Waals surface area (Å²) in [6.07, 6.45) is 1.38. The lowest BCUT2D eigenvalue weighted by Crippen LogP contribution is -2.24. The van der Waals surface area contributed by atoms with E-state index in [1.165, 1.54) is 39.7 Å². The van der Waals surface area contributed by atoms with E-state index >= 15 is 0 Å². The zero-order valence-electron chi connectivity index (χ0n) is 20.8. The van der Waals surface area contributed by atoms with E-state index in [-0.39, 0.29) is 17.9 Å². The Balaban J connectivity index is 1.67. The van der Waals surface area contributed by atoms with Crippen molar-refractivity contribution >= 4 is 18.1 Å². The van der Waals surface area contributed by atoms with Gasteiger partial charge in [-0.25, -0.2) is 10.2 Å². The highest BCUT2D eigenvalue weighted by Gasteiger charge is 2.19. The van der Waals surface area contributed by atoms with Crippen LogP contribution < -0.4 is 29.1 Å². The summed E-state index contributed by atoms with van der Waals surface area (Å²) in [6.45, 7) is 3.70. The number of para-hydroxylation sites is 1. The zero-order chi connectivity index (χ0) is 26.1. The molecule has 9 heteroatoms. The Bertz CT molecular complexity index is 1250. The van der Waals surface area contributed by atoms with E-state index in [1.54, 1.807) is 30.3 Å². The van der Waals surface area contributed by atoms with Crippen LogP contribution in [-0.2, 0) is 4.79 Å². The summed E-state index contributed by atoms with van der Waals surface area (Å²) in [4.78, 5) is 25.0. The molecule has 9 nitrogen and oxygen atoms in total. The SMILES string of the molecule is COc1cc(C(=O)Oc2ccccc2/C=N/NC(=O)COc2cccc(C)c2C)cc(OC)c1OC. The minimum atomic E-state index is -0.638. The molecule has 0 bridgehead atoms. The average Bonchev–Trinajstić information content (AvgIpc) is 2.89. The lowest BCUT2D eigenvalue weighted by atomic mass is 10.1. The Morgan fingerprint density at radius 3 is 2.19 bits per heavy atom. The highest BCUT2D eigenvalue weighted by Crippen LogP contribution is 2.38. The van der Waals surface area contributed by atoms with Gasteiger partial charge in [0.25, 0.3) is 5.91 Å². The minimum absolute atomic E-state index is 0.195. The maximum Gasteiger partial charge on any atom is 0.343 e. The third-order valence-electron chi connectivity index (χ3n) is 5.33. The molecular weight excluding hydrogens is 464 g/mol. The number of esters is 1. The fourth-order valence-electron chi connectivity index (χ4n) is 3.27. The molecule has 1 amide bonds. The van der Waals surface area contributed by atoms with E-state index in [0.29, 0.717) is 28.6 Å². The van der Waals surface area contributed by atoms with Gasteiger partial charge in [-0.1, -0.05) is 24.3 Å². The molecule has 0 aromatic heterocycles. The van der Waals surface area contributed by atoms with Crippen molar-refractivity contribution in [2.24, 2.45) is 5.10 Å². The first-order valence-corrected chi connectivity index (χ1v) is 11.0. The predicted molar refractivity (Wildman–Crippen MR) is 135 cm³/mol. The summed E-state index contributed by atoms with van der Waals surface area (Å²) in [5.74, 6) is 0.828. The maximum absolute atomic E-state index is 12.9. The molecule has 3 aromatic carbocycles. The Morgan fingerprint density at radius 1 is 0.861 bits per heavy atom. The summed E-state index contributed by atoms with van der Waals surface area (Å²) >= 11 is 0. The molecule has 0 aliphatic carbocycles. The predicted octanol–water partition coefficient (Wildman–Crippen LogP) is 4.08. The van der Waals surface area contributed by atoms with Crippen molar-refractivity contribution in [2.45, 2.75) is 13.8 Å². The number of amides is 1. The van der Waals surface area contributed by atoms with Crippen LogP contribution >= 0.6 is 0 Å². The first kappa shape index (κ1) is 26.1. The number of hydrogen-bond acceptors (Lipinski definition) is 8. The Hall–Kier alpha value is -4.53. The van der Waals surface area contributed by atoms with Gasteiger partial charge in [0.1, 0.15) is 11.5 Å². The van der Waals surface area contributed by atoms with Crippen LogP contribution in [-0.4, -0.2) is 46.0 Å². The van der Waals surface area contributed by atoms with Gasteiger partial charge < -0.3 is 23.7 Å². The smallest absolute Gasteiger partial charge is 0.343 e. The monoisotopic (exact) mass is 492 g/mol. The fourth-order valence-corrected chi connectivity index (χ4v) is 3.27. The highest BCUT2D eigenvalue weighted by molar-refractivity contribution is 5.94. The van der Waals surface area contributed by atoms with Crippen molar-refractivity contribution in [1.82, 2.24) is 5.43 Å². The number of benzene rings is 3. The standard InChI is InChI=1S/C27H28N2O7/c1-17-9-8-12-21(18(17)2)35-16-25(30)29-28-15-19-10-6-7-11-22(19)36-27(31)20-13-23(32-3)26(34-5)24(14-20)33-4/h6-15H,16H2,1-5H3,(H,29,30)/b28-15+. The molecule has 3 aromatic rings. The van der Waals surface area contributed by atoms with Crippen LogP contribution in [0, 0.1) is 13.8 Å². The number of hydrogen-bond donors (Lipinski definition) is 1. The Morgan fingerprint density at radius 2 is 1.53 bits per heavy atom. The molecule has 0 atom stereocenters. The van der Waals surface area contributed by atoms with Gasteiger partial charge in [0.2, 0.25) is 5.75 Å². The molecular formula is C27H28N2O7. The van der Waals surface area contributed by atoms with E-state index in [4.69, 9.17) is 23.7 Å². The molecule has 3 rings (SSSR count). The van der Waals surface area contributed by atoms with E-state index in [1.807, 2.05) is 26.0 Å². The Labute approximate surface area is 209 Å². The van der Waals surface area contributed by atoms with Crippen molar-refractivity contribution in [1.29, 1.82) is 0 Å². The quantitative estimate of drug-likeness (QED) is 0.197. The molecule has 188 valence electrons. The van der Waals surface area contributed by atoms with Gasteiger partial charge in [0.15, 0.2) is 18.1 Å². The summed E-state index contributed by atoms with van der Waals surface area (Å²) in [5.41, 5.74) is 5.13. The van der Waals surface area contributed by atoms with Crippen LogP contribution in [0.25, 0.3) is 0 Å². The lowest BCUT2D eigenvalue weighted by molar-refractivity contribution is -0.123. The number of nitrogens with zero attached hydrogens (tertiary/aromatic N) is 1. The second-order valence-corrected chi connectivity index (χ2v) is 7.62. The third kappa shape index (κ3) is 6.32. The Kier molecular flexibility index (Phi) is 8.88. The van der Waals surface area contributed by atoms with E-state index in [2.05, 4.69) is 10.5 Å². The topological polar surface area (TPSA) is 105 Å². The third-order valence-corrected chi connectivity index (χ3v) is 5.33. The van der Waals surface area contributed by atoms with Crippen LogP contribution in [0.5, 0.6) is 28.7 Å². The molecule has 36 heavy (non-hydrogen) atoms. The number of methoxy groups -OCH3 is 3. The molecule has 0 spiro atoms. The van der Waals surface area contributed by atoms with Crippen molar-refractivity contribution in [3.63, 3.8) is 0 Å². The molecule has 0 fully saturated rings. The summed E-state index contributed by atoms with van der Waals surface area (Å²) in [5, 5.41) is 3.96. The summed E-state index contributed by atoms with van der Waals surface area (Å²) in [7, 11) is 4.39. The van der Waals surface area contributed by atoms with E-state index < -0.39 is 11.9 Å². The second-order valence-electron chi connectivity index (χ2n) is 7.62. The van der Waals surface area contributed by atoms with Crippen molar-refractivity contribution in [3.8, 4) is 28.7 Å². The van der Waals surface area contributed by atoms with Gasteiger partial charge in [-0.2, -0.15) is 5.10 Å². The molecule has 0 saturated heterocycles. The normalized spacial score (nSPS) is 10.6. The van der Waals surface area contributed by atoms with Gasteiger partial charge in [0, 0.05) is 5.56 Å². The number of hydrazone groups is 1. The molecule has 0 radical (unpaired) electrons.